The van der Waals surface area contributed by atoms with Gasteiger partial charge in [0.05, 0.1) is 19.1 Å². The summed E-state index contributed by atoms with van der Waals surface area (Å²) in [6.07, 6.45) is 19.7. The summed E-state index contributed by atoms with van der Waals surface area (Å²) in [6.45, 7) is 20.0. The van der Waals surface area contributed by atoms with Crippen molar-refractivity contribution in [2.75, 3.05) is 13.1 Å². The Kier molecular flexibility index (Phi) is 26.2. The Hall–Kier alpha value is -5.71. The zero-order valence-corrected chi connectivity index (χ0v) is 43.3. The molecule has 4 amide bonds. The number of amides is 4. The molecule has 378 valence electrons. The van der Waals surface area contributed by atoms with Gasteiger partial charge in [0.25, 0.3) is 0 Å². The largest absolute Gasteiger partial charge is 0.458 e. The summed E-state index contributed by atoms with van der Waals surface area (Å²) in [5, 5.41) is 11.6. The first-order valence-corrected chi connectivity index (χ1v) is 25.7. The number of ether oxygens (including phenoxy) is 1. The number of esters is 1. The SMILES string of the molecule is C1CCCCC1.C=C(C(=O)NC/C(=C\CC)NC(C(=O)OC(C)(C)C)c1ccccc1)C(CCCC)NC(=O)C1Cc2ccc(C)cc2CN1C(=O)CNC=O.CC1CC1.CCCc1ccccc1. The van der Waals surface area contributed by atoms with Gasteiger partial charge in [-0.1, -0.05) is 195 Å². The number of aryl methyl sites for hydroxylation is 2. The Balaban J connectivity index is 0.000000540. The van der Waals surface area contributed by atoms with Gasteiger partial charge in [-0.15, -0.1) is 0 Å². The van der Waals surface area contributed by atoms with Crippen LogP contribution in [0.1, 0.15) is 166 Å². The van der Waals surface area contributed by atoms with Crippen LogP contribution in [-0.4, -0.2) is 65.8 Å². The van der Waals surface area contributed by atoms with Crippen LogP contribution in [-0.2, 0) is 48.1 Å². The second-order valence-corrected chi connectivity index (χ2v) is 19.6. The van der Waals surface area contributed by atoms with Gasteiger partial charge in [0.1, 0.15) is 11.6 Å². The van der Waals surface area contributed by atoms with Gasteiger partial charge in [-0.2, -0.15) is 0 Å². The van der Waals surface area contributed by atoms with Gasteiger partial charge >= 0.3 is 5.97 Å². The van der Waals surface area contributed by atoms with E-state index in [0.29, 0.717) is 31.4 Å². The Morgan fingerprint density at radius 3 is 1.97 bits per heavy atom. The highest BCUT2D eigenvalue weighted by atomic mass is 16.6. The predicted octanol–water partition coefficient (Wildman–Crippen LogP) is 10.7. The van der Waals surface area contributed by atoms with Crippen molar-refractivity contribution < 1.29 is 28.7 Å². The number of fused-ring (bicyclic) bond motifs is 1. The van der Waals surface area contributed by atoms with Crippen LogP contribution in [0.15, 0.2) is 103 Å². The van der Waals surface area contributed by atoms with Crippen molar-refractivity contribution in [1.82, 2.24) is 26.2 Å². The molecule has 3 aromatic rings. The van der Waals surface area contributed by atoms with Gasteiger partial charge in [-0.05, 0) is 75.1 Å². The van der Waals surface area contributed by atoms with Crippen molar-refractivity contribution in [2.24, 2.45) is 5.92 Å². The Morgan fingerprint density at radius 1 is 0.826 bits per heavy atom. The van der Waals surface area contributed by atoms with Gasteiger partial charge < -0.3 is 30.9 Å². The Bertz CT molecular complexity index is 2040. The summed E-state index contributed by atoms with van der Waals surface area (Å²) in [6, 6.07) is 23.4. The first kappa shape index (κ1) is 57.6. The number of unbranched alkanes of at least 4 members (excludes halogenated alkanes) is 1. The van der Waals surface area contributed by atoms with Gasteiger partial charge in [0.15, 0.2) is 6.04 Å². The maximum absolute atomic E-state index is 13.9. The maximum atomic E-state index is 13.9. The van der Waals surface area contributed by atoms with E-state index < -0.39 is 41.5 Å². The molecule has 1 heterocycles. The van der Waals surface area contributed by atoms with Crippen LogP contribution in [0.4, 0.5) is 0 Å². The lowest BCUT2D eigenvalue weighted by molar-refractivity contribution is -0.157. The normalized spacial score (nSPS) is 16.1. The summed E-state index contributed by atoms with van der Waals surface area (Å²) >= 11 is 0. The van der Waals surface area contributed by atoms with E-state index in [2.05, 4.69) is 72.0 Å². The lowest BCUT2D eigenvalue weighted by Crippen LogP contribution is -2.56. The molecule has 0 aromatic heterocycles. The molecule has 0 bridgehead atoms. The fourth-order valence-electron chi connectivity index (χ4n) is 7.96. The fourth-order valence-corrected chi connectivity index (χ4v) is 7.96. The van der Waals surface area contributed by atoms with E-state index in [0.717, 1.165) is 41.0 Å². The van der Waals surface area contributed by atoms with Crippen LogP contribution in [0.3, 0.4) is 0 Å². The summed E-state index contributed by atoms with van der Waals surface area (Å²) in [4.78, 5) is 66.3. The fraction of sp³-hybridized carbons (Fsp3) is 0.534. The molecule has 0 radical (unpaired) electrons. The smallest absolute Gasteiger partial charge is 0.333 e. The molecule has 11 nitrogen and oxygen atoms in total. The highest BCUT2D eigenvalue weighted by Gasteiger charge is 2.36. The van der Waals surface area contributed by atoms with Gasteiger partial charge in [-0.25, -0.2) is 4.79 Å². The topological polar surface area (TPSA) is 146 Å². The lowest BCUT2D eigenvalue weighted by Gasteiger charge is -2.37. The molecule has 0 saturated heterocycles. The van der Waals surface area contributed by atoms with E-state index in [1.54, 1.807) is 0 Å². The lowest BCUT2D eigenvalue weighted by atomic mass is 9.91. The highest BCUT2D eigenvalue weighted by molar-refractivity contribution is 5.96. The van der Waals surface area contributed by atoms with Crippen LogP contribution >= 0.6 is 0 Å². The molecule has 3 atom stereocenters. The first-order valence-electron chi connectivity index (χ1n) is 25.7. The molecular weight excluding hydrogens is 863 g/mol. The standard InChI is InChI=1S/C39H53N5O6.C9H12.C6H12.C4H8/c1-8-10-17-32(43-37(48)33-21-29-19-18-26(3)20-30(29)24-44(33)34(46)23-40-25-45)27(4)36(47)41-22-31(14-9-2)42-35(28-15-12-11-13-16-28)38(49)50-39(5,6)7;1-2-6-9-7-4-3-5-8-9;1-2-4-6-5-3-1;1-4-2-3-4/h11-16,18-20,25,32-33,35,42H,4,8-10,17,21-24H2,1-3,5-7H3,(H,40,45)(H,41,47)(H,43,48);3-5,7-8H,2,6H2,1H3;1-6H2;4H,2-3H2,1H3/b31-14+;;;. The summed E-state index contributed by atoms with van der Waals surface area (Å²) < 4.78 is 5.71. The van der Waals surface area contributed by atoms with E-state index >= 15 is 0 Å². The number of carbonyl (C=O) groups excluding carboxylic acids is 5. The Morgan fingerprint density at radius 2 is 1.43 bits per heavy atom. The maximum Gasteiger partial charge on any atom is 0.333 e. The second-order valence-electron chi connectivity index (χ2n) is 19.6. The average molecular weight is 948 g/mol. The number of rotatable bonds is 19. The second kappa shape index (κ2) is 31.4. The molecule has 3 aromatic carbocycles. The quantitative estimate of drug-likeness (QED) is 0.0532. The first-order chi connectivity index (χ1) is 33.1. The molecule has 69 heavy (non-hydrogen) atoms. The van der Waals surface area contributed by atoms with Gasteiger partial charge in [-0.3, -0.25) is 19.2 Å². The highest BCUT2D eigenvalue weighted by Crippen LogP contribution is 2.27. The zero-order chi connectivity index (χ0) is 50.6. The molecule has 0 spiro atoms. The average Bonchev–Trinajstić information content (AvgIpc) is 4.14. The molecular formula is C58H85N5O6. The number of hydrogen-bond acceptors (Lipinski definition) is 7. The zero-order valence-electron chi connectivity index (χ0n) is 43.3. The van der Waals surface area contributed by atoms with E-state index in [4.69, 9.17) is 4.74 Å². The van der Waals surface area contributed by atoms with Crippen LogP contribution in [0.5, 0.6) is 0 Å². The summed E-state index contributed by atoms with van der Waals surface area (Å²) in [5.41, 5.74) is 5.23. The minimum Gasteiger partial charge on any atom is -0.458 e. The van der Waals surface area contributed by atoms with Crippen molar-refractivity contribution in [3.05, 3.63) is 131 Å². The molecule has 4 N–H and O–H groups in total. The summed E-state index contributed by atoms with van der Waals surface area (Å²) in [7, 11) is 0. The van der Waals surface area contributed by atoms with Crippen molar-refractivity contribution in [2.45, 2.75) is 182 Å². The molecule has 3 unspecified atom stereocenters. The summed E-state index contributed by atoms with van der Waals surface area (Å²) in [5.74, 6) is -0.592. The van der Waals surface area contributed by atoms with Crippen molar-refractivity contribution >= 4 is 30.1 Å². The Labute approximate surface area is 415 Å². The molecule has 2 fully saturated rings. The molecule has 6 rings (SSSR count). The third kappa shape index (κ3) is 22.5. The molecule has 11 heteroatoms. The van der Waals surface area contributed by atoms with Gasteiger partial charge in [0.2, 0.25) is 24.1 Å². The number of carbonyl (C=O) groups is 5. The number of nitrogens with one attached hydrogen (secondary N) is 4. The minimum atomic E-state index is -0.836. The minimum absolute atomic E-state index is 0.0805. The van der Waals surface area contributed by atoms with Crippen molar-refractivity contribution in [3.63, 3.8) is 0 Å². The third-order valence-corrected chi connectivity index (χ3v) is 12.1. The van der Waals surface area contributed by atoms with Crippen LogP contribution < -0.4 is 21.3 Å². The molecule has 3 aliphatic rings. The van der Waals surface area contributed by atoms with Crippen LogP contribution in [0, 0.1) is 12.8 Å². The third-order valence-electron chi connectivity index (χ3n) is 12.1. The molecule has 2 saturated carbocycles. The predicted molar refractivity (Wildman–Crippen MR) is 280 cm³/mol. The van der Waals surface area contributed by atoms with E-state index in [-0.39, 0.29) is 31.1 Å². The van der Waals surface area contributed by atoms with Crippen molar-refractivity contribution in [3.8, 4) is 0 Å². The van der Waals surface area contributed by atoms with Crippen LogP contribution in [0.25, 0.3) is 0 Å². The molecule has 2 aliphatic carbocycles. The monoisotopic (exact) mass is 948 g/mol. The van der Waals surface area contributed by atoms with E-state index in [1.165, 1.54) is 74.7 Å². The number of hydrogen-bond donors (Lipinski definition) is 4. The number of nitrogens with zero attached hydrogens (tertiary/aromatic N) is 1. The van der Waals surface area contributed by atoms with E-state index in [9.17, 15) is 24.0 Å². The number of allylic oxidation sites excluding steroid dienone is 1. The van der Waals surface area contributed by atoms with Crippen LogP contribution in [0.2, 0.25) is 0 Å². The number of benzene rings is 3. The van der Waals surface area contributed by atoms with E-state index in [1.807, 2.05) is 96.1 Å². The van der Waals surface area contributed by atoms with Crippen molar-refractivity contribution in [1.29, 1.82) is 0 Å². The van der Waals surface area contributed by atoms with Gasteiger partial charge in [0, 0.05) is 24.2 Å². The molecule has 1 aliphatic heterocycles.